The molecular weight excluding hydrogens is 362 g/mol. The molecule has 0 amide bonds. The lowest BCUT2D eigenvalue weighted by atomic mass is 10.0. The van der Waals surface area contributed by atoms with Crippen LogP contribution in [0, 0.1) is 6.92 Å². The van der Waals surface area contributed by atoms with Crippen LogP contribution in [0.25, 0.3) is 22.3 Å². The van der Waals surface area contributed by atoms with Crippen LogP contribution < -0.4 is 10.2 Å². The van der Waals surface area contributed by atoms with Crippen molar-refractivity contribution in [3.8, 4) is 17.1 Å². The third-order valence-electron chi connectivity index (χ3n) is 4.87. The fraction of sp³-hybridized carbons (Fsp3) is 0.318. The molecule has 0 unspecified atom stereocenters. The Balaban J connectivity index is 0.00000261. The van der Waals surface area contributed by atoms with Crippen LogP contribution in [-0.4, -0.2) is 25.1 Å². The normalized spacial score (nSPS) is 10.9. The van der Waals surface area contributed by atoms with Gasteiger partial charge in [0.15, 0.2) is 5.43 Å². The predicted molar refractivity (Wildman–Crippen MR) is 113 cm³/mol. The van der Waals surface area contributed by atoms with Gasteiger partial charge in [0.05, 0.1) is 12.5 Å². The SMILES string of the molecule is CCN(CC)Cc1cccc2c(=O)c(C)c(-c3ccc(OC)cc3)oc12.Cl. The minimum Gasteiger partial charge on any atom is -0.497 e. The quantitative estimate of drug-likeness (QED) is 0.594. The zero-order chi connectivity index (χ0) is 18.7. The van der Waals surface area contributed by atoms with Gasteiger partial charge in [-0.15, -0.1) is 12.4 Å². The van der Waals surface area contributed by atoms with Crippen LogP contribution in [0.4, 0.5) is 0 Å². The predicted octanol–water partition coefficient (Wildman–Crippen LogP) is 5.04. The summed E-state index contributed by atoms with van der Waals surface area (Å²) in [6.07, 6.45) is 0. The van der Waals surface area contributed by atoms with E-state index in [-0.39, 0.29) is 17.8 Å². The number of rotatable bonds is 6. The summed E-state index contributed by atoms with van der Waals surface area (Å²) in [7, 11) is 1.63. The minimum absolute atomic E-state index is 0. The molecule has 0 aliphatic rings. The summed E-state index contributed by atoms with van der Waals surface area (Å²) in [5.74, 6) is 1.40. The van der Waals surface area contributed by atoms with Crippen LogP contribution in [0.2, 0.25) is 0 Å². The molecule has 2 aromatic carbocycles. The maximum Gasteiger partial charge on any atom is 0.196 e. The van der Waals surface area contributed by atoms with Gasteiger partial charge >= 0.3 is 0 Å². The fourth-order valence-corrected chi connectivity index (χ4v) is 3.20. The average molecular weight is 388 g/mol. The fourth-order valence-electron chi connectivity index (χ4n) is 3.20. The standard InChI is InChI=1S/C22H25NO3.ClH/c1-5-23(6-2)14-17-8-7-9-19-20(24)15(3)21(26-22(17)19)16-10-12-18(25-4)13-11-16;/h7-13H,5-6,14H2,1-4H3;1H. The van der Waals surface area contributed by atoms with Crippen LogP contribution in [0.1, 0.15) is 25.0 Å². The van der Waals surface area contributed by atoms with E-state index in [0.717, 1.165) is 36.5 Å². The van der Waals surface area contributed by atoms with E-state index in [9.17, 15) is 4.79 Å². The van der Waals surface area contributed by atoms with Crippen LogP contribution in [-0.2, 0) is 6.54 Å². The monoisotopic (exact) mass is 387 g/mol. The number of methoxy groups -OCH3 is 1. The number of benzene rings is 2. The number of nitrogens with zero attached hydrogens (tertiary/aromatic N) is 1. The first-order chi connectivity index (χ1) is 12.6. The van der Waals surface area contributed by atoms with Crippen molar-refractivity contribution in [1.82, 2.24) is 4.90 Å². The number of para-hydroxylation sites is 1. The third kappa shape index (κ3) is 4.18. The molecule has 0 aliphatic carbocycles. The van der Waals surface area contributed by atoms with Crippen molar-refractivity contribution in [3.05, 3.63) is 63.8 Å². The number of hydrogen-bond donors (Lipinski definition) is 0. The third-order valence-corrected chi connectivity index (χ3v) is 4.87. The number of halogens is 1. The van der Waals surface area contributed by atoms with Gasteiger partial charge in [-0.05, 0) is 50.3 Å². The molecule has 1 heterocycles. The van der Waals surface area contributed by atoms with E-state index >= 15 is 0 Å². The number of fused-ring (bicyclic) bond motifs is 1. The van der Waals surface area contributed by atoms with Crippen LogP contribution >= 0.6 is 12.4 Å². The van der Waals surface area contributed by atoms with E-state index < -0.39 is 0 Å². The molecule has 0 atom stereocenters. The molecule has 0 saturated carbocycles. The van der Waals surface area contributed by atoms with Crippen molar-refractivity contribution in [2.75, 3.05) is 20.2 Å². The van der Waals surface area contributed by atoms with Crippen molar-refractivity contribution in [2.24, 2.45) is 0 Å². The summed E-state index contributed by atoms with van der Waals surface area (Å²) in [4.78, 5) is 15.2. The first kappa shape index (κ1) is 21.0. The van der Waals surface area contributed by atoms with Gasteiger partial charge in [-0.1, -0.05) is 26.0 Å². The molecule has 4 nitrogen and oxygen atoms in total. The Morgan fingerprint density at radius 1 is 1.04 bits per heavy atom. The Labute approximate surface area is 166 Å². The van der Waals surface area contributed by atoms with E-state index in [4.69, 9.17) is 9.15 Å². The second kappa shape index (κ2) is 9.07. The van der Waals surface area contributed by atoms with Crippen molar-refractivity contribution >= 4 is 23.4 Å². The summed E-state index contributed by atoms with van der Waals surface area (Å²) in [5, 5.41) is 0.643. The molecule has 0 saturated heterocycles. The molecule has 3 rings (SSSR count). The Hall–Kier alpha value is -2.30. The highest BCUT2D eigenvalue weighted by atomic mass is 35.5. The Kier molecular flexibility index (Phi) is 7.05. The maximum atomic E-state index is 12.9. The molecule has 27 heavy (non-hydrogen) atoms. The molecule has 0 N–H and O–H groups in total. The van der Waals surface area contributed by atoms with Gasteiger partial charge in [0, 0.05) is 23.2 Å². The van der Waals surface area contributed by atoms with Gasteiger partial charge < -0.3 is 9.15 Å². The summed E-state index contributed by atoms with van der Waals surface area (Å²) in [6, 6.07) is 13.4. The van der Waals surface area contributed by atoms with E-state index in [2.05, 4.69) is 18.7 Å². The van der Waals surface area contributed by atoms with Crippen LogP contribution in [0.5, 0.6) is 5.75 Å². The van der Waals surface area contributed by atoms with Crippen molar-refractivity contribution in [1.29, 1.82) is 0 Å². The van der Waals surface area contributed by atoms with E-state index in [0.29, 0.717) is 22.3 Å². The zero-order valence-corrected chi connectivity index (χ0v) is 17.1. The zero-order valence-electron chi connectivity index (χ0n) is 16.2. The van der Waals surface area contributed by atoms with E-state index in [1.807, 2.05) is 49.4 Å². The Morgan fingerprint density at radius 2 is 1.70 bits per heavy atom. The van der Waals surface area contributed by atoms with Gasteiger partial charge in [0.1, 0.15) is 17.1 Å². The number of hydrogen-bond acceptors (Lipinski definition) is 4. The summed E-state index contributed by atoms with van der Waals surface area (Å²) < 4.78 is 11.5. The molecule has 0 spiro atoms. The van der Waals surface area contributed by atoms with Gasteiger partial charge in [-0.2, -0.15) is 0 Å². The molecule has 0 aliphatic heterocycles. The van der Waals surface area contributed by atoms with Gasteiger partial charge in [0.25, 0.3) is 0 Å². The molecule has 3 aromatic rings. The Morgan fingerprint density at radius 3 is 2.30 bits per heavy atom. The molecule has 0 fully saturated rings. The molecule has 0 bridgehead atoms. The molecule has 1 aromatic heterocycles. The second-order valence-electron chi connectivity index (χ2n) is 6.37. The van der Waals surface area contributed by atoms with E-state index in [1.165, 1.54) is 0 Å². The summed E-state index contributed by atoms with van der Waals surface area (Å²) in [6.45, 7) is 8.76. The van der Waals surface area contributed by atoms with Gasteiger partial charge in [0.2, 0.25) is 0 Å². The molecule has 5 heteroatoms. The highest BCUT2D eigenvalue weighted by Gasteiger charge is 2.16. The van der Waals surface area contributed by atoms with Crippen molar-refractivity contribution in [2.45, 2.75) is 27.3 Å². The van der Waals surface area contributed by atoms with Crippen LogP contribution in [0.15, 0.2) is 51.7 Å². The lowest BCUT2D eigenvalue weighted by Crippen LogP contribution is -2.22. The number of ether oxygens (including phenoxy) is 1. The van der Waals surface area contributed by atoms with E-state index in [1.54, 1.807) is 7.11 Å². The highest BCUT2D eigenvalue weighted by Crippen LogP contribution is 2.29. The summed E-state index contributed by atoms with van der Waals surface area (Å²) >= 11 is 0. The van der Waals surface area contributed by atoms with Gasteiger partial charge in [-0.3, -0.25) is 9.69 Å². The molecule has 0 radical (unpaired) electrons. The lowest BCUT2D eigenvalue weighted by molar-refractivity contribution is 0.295. The van der Waals surface area contributed by atoms with Crippen molar-refractivity contribution in [3.63, 3.8) is 0 Å². The molecular formula is C22H26ClNO3. The first-order valence-electron chi connectivity index (χ1n) is 9.01. The van der Waals surface area contributed by atoms with Crippen LogP contribution in [0.3, 0.4) is 0 Å². The largest absolute Gasteiger partial charge is 0.497 e. The lowest BCUT2D eigenvalue weighted by Gasteiger charge is -2.19. The minimum atomic E-state index is 0. The smallest absolute Gasteiger partial charge is 0.196 e. The van der Waals surface area contributed by atoms with Crippen molar-refractivity contribution < 1.29 is 9.15 Å². The topological polar surface area (TPSA) is 42.7 Å². The average Bonchev–Trinajstić information content (AvgIpc) is 2.69. The summed E-state index contributed by atoms with van der Waals surface area (Å²) in [5.41, 5.74) is 3.25. The second-order valence-corrected chi connectivity index (χ2v) is 6.37. The van der Waals surface area contributed by atoms with Gasteiger partial charge in [-0.25, -0.2) is 0 Å². The Bertz CT molecular complexity index is 960. The highest BCUT2D eigenvalue weighted by molar-refractivity contribution is 5.85. The molecule has 144 valence electrons. The first-order valence-corrected chi connectivity index (χ1v) is 9.01. The maximum absolute atomic E-state index is 12.9.